The lowest BCUT2D eigenvalue weighted by Gasteiger charge is -2.42. The number of nitrogens with one attached hydrogen (secondary N) is 1. The summed E-state index contributed by atoms with van der Waals surface area (Å²) in [5.41, 5.74) is 0.149. The molecule has 0 aromatic carbocycles. The van der Waals surface area contributed by atoms with Gasteiger partial charge in [-0.05, 0) is 13.8 Å². The van der Waals surface area contributed by atoms with Crippen LogP contribution < -0.4 is 5.32 Å². The van der Waals surface area contributed by atoms with Crippen molar-refractivity contribution < 1.29 is 9.47 Å². The van der Waals surface area contributed by atoms with Gasteiger partial charge >= 0.3 is 0 Å². The van der Waals surface area contributed by atoms with Gasteiger partial charge in [0.25, 0.3) is 0 Å². The van der Waals surface area contributed by atoms with E-state index in [1.165, 1.54) is 0 Å². The minimum Gasteiger partial charge on any atom is -0.378 e. The van der Waals surface area contributed by atoms with E-state index in [2.05, 4.69) is 29.0 Å². The third-order valence-corrected chi connectivity index (χ3v) is 3.81. The Bertz CT molecular complexity index is 242. The van der Waals surface area contributed by atoms with Crippen LogP contribution in [0, 0.1) is 0 Å². The first-order chi connectivity index (χ1) is 8.68. The molecular formula is C13H27N3O2. The van der Waals surface area contributed by atoms with Crippen LogP contribution in [-0.2, 0) is 9.47 Å². The van der Waals surface area contributed by atoms with Crippen molar-refractivity contribution in [2.45, 2.75) is 19.4 Å². The Hall–Kier alpha value is -0.200. The normalized spacial score (nSPS) is 26.3. The number of rotatable bonds is 5. The van der Waals surface area contributed by atoms with Crippen LogP contribution in [0.5, 0.6) is 0 Å². The molecule has 0 aromatic rings. The maximum absolute atomic E-state index is 5.78. The molecule has 0 aromatic heterocycles. The van der Waals surface area contributed by atoms with Gasteiger partial charge in [0.15, 0.2) is 0 Å². The highest BCUT2D eigenvalue weighted by Crippen LogP contribution is 2.18. The smallest absolute Gasteiger partial charge is 0.0991 e. The van der Waals surface area contributed by atoms with E-state index < -0.39 is 0 Å². The minimum absolute atomic E-state index is 0.149. The third kappa shape index (κ3) is 4.17. The van der Waals surface area contributed by atoms with Gasteiger partial charge in [0.2, 0.25) is 0 Å². The fourth-order valence-corrected chi connectivity index (χ4v) is 2.51. The second-order valence-corrected chi connectivity index (χ2v) is 5.76. The molecule has 2 aliphatic rings. The summed E-state index contributed by atoms with van der Waals surface area (Å²) in [6.07, 6.45) is 0. The van der Waals surface area contributed by atoms with Crippen molar-refractivity contribution in [3.8, 4) is 0 Å². The molecule has 0 unspecified atom stereocenters. The van der Waals surface area contributed by atoms with Gasteiger partial charge in [-0.3, -0.25) is 9.80 Å². The molecule has 1 N–H and O–H groups in total. The molecule has 0 amide bonds. The fraction of sp³-hybridized carbons (Fsp3) is 1.00. The summed E-state index contributed by atoms with van der Waals surface area (Å²) in [5, 5.41) is 3.35. The Balaban J connectivity index is 1.59. The highest BCUT2D eigenvalue weighted by Gasteiger charge is 2.29. The molecule has 2 aliphatic heterocycles. The van der Waals surface area contributed by atoms with E-state index >= 15 is 0 Å². The summed E-state index contributed by atoms with van der Waals surface area (Å²) >= 11 is 0. The summed E-state index contributed by atoms with van der Waals surface area (Å²) in [6, 6.07) is 0. The van der Waals surface area contributed by atoms with E-state index in [4.69, 9.17) is 9.47 Å². The van der Waals surface area contributed by atoms with Crippen molar-refractivity contribution in [2.75, 3.05) is 65.8 Å². The number of ether oxygens (including phenoxy) is 2. The fourth-order valence-electron chi connectivity index (χ4n) is 2.51. The molecule has 2 heterocycles. The quantitative estimate of drug-likeness (QED) is 0.701. The van der Waals surface area contributed by atoms with E-state index in [9.17, 15) is 0 Å². The Kier molecular flexibility index (Phi) is 5.38. The van der Waals surface area contributed by atoms with Crippen molar-refractivity contribution >= 4 is 0 Å². The Morgan fingerprint density at radius 2 is 2.00 bits per heavy atom. The topological polar surface area (TPSA) is 37.0 Å². The lowest BCUT2D eigenvalue weighted by molar-refractivity contribution is -0.0673. The number of piperazine rings is 1. The maximum Gasteiger partial charge on any atom is 0.0991 e. The highest BCUT2D eigenvalue weighted by molar-refractivity contribution is 4.84. The van der Waals surface area contributed by atoms with Crippen molar-refractivity contribution in [3.63, 3.8) is 0 Å². The van der Waals surface area contributed by atoms with Crippen LogP contribution in [0.4, 0.5) is 0 Å². The lowest BCUT2D eigenvalue weighted by atomic mass is 10.0. The van der Waals surface area contributed by atoms with Gasteiger partial charge in [-0.1, -0.05) is 0 Å². The second-order valence-electron chi connectivity index (χ2n) is 5.76. The summed E-state index contributed by atoms with van der Waals surface area (Å²) in [4.78, 5) is 4.83. The van der Waals surface area contributed by atoms with Crippen LogP contribution in [0.25, 0.3) is 0 Å². The van der Waals surface area contributed by atoms with Gasteiger partial charge in [-0.15, -0.1) is 0 Å². The number of nitrogens with zero attached hydrogens (tertiary/aromatic N) is 2. The molecule has 2 fully saturated rings. The Labute approximate surface area is 110 Å². The van der Waals surface area contributed by atoms with E-state index in [-0.39, 0.29) is 5.54 Å². The highest BCUT2D eigenvalue weighted by atomic mass is 16.5. The molecule has 18 heavy (non-hydrogen) atoms. The van der Waals surface area contributed by atoms with E-state index in [0.717, 1.165) is 65.8 Å². The molecule has 106 valence electrons. The van der Waals surface area contributed by atoms with Crippen molar-refractivity contribution in [2.24, 2.45) is 0 Å². The molecular weight excluding hydrogens is 230 g/mol. The molecule has 5 nitrogen and oxygen atoms in total. The minimum atomic E-state index is 0.149. The SMILES string of the molecule is CC1(C)COCCN1CCOCN1CCNCC1. The lowest BCUT2D eigenvalue weighted by Crippen LogP contribution is -2.54. The molecule has 0 spiro atoms. The zero-order valence-electron chi connectivity index (χ0n) is 11.8. The van der Waals surface area contributed by atoms with Crippen LogP contribution >= 0.6 is 0 Å². The van der Waals surface area contributed by atoms with Crippen LogP contribution in [0.2, 0.25) is 0 Å². The maximum atomic E-state index is 5.78. The zero-order chi connectivity index (χ0) is 12.8. The van der Waals surface area contributed by atoms with E-state index in [1.807, 2.05) is 0 Å². The van der Waals surface area contributed by atoms with Gasteiger partial charge in [-0.25, -0.2) is 0 Å². The molecule has 0 bridgehead atoms. The van der Waals surface area contributed by atoms with Crippen molar-refractivity contribution in [1.82, 2.24) is 15.1 Å². The molecule has 0 saturated carbocycles. The summed E-state index contributed by atoms with van der Waals surface area (Å²) in [5.74, 6) is 0. The van der Waals surface area contributed by atoms with Gasteiger partial charge in [0.05, 0.1) is 26.6 Å². The monoisotopic (exact) mass is 257 g/mol. The van der Waals surface area contributed by atoms with E-state index in [0.29, 0.717) is 0 Å². The second kappa shape index (κ2) is 6.82. The Morgan fingerprint density at radius 3 is 2.72 bits per heavy atom. The van der Waals surface area contributed by atoms with Crippen LogP contribution in [-0.4, -0.2) is 81.2 Å². The van der Waals surface area contributed by atoms with Crippen LogP contribution in [0.3, 0.4) is 0 Å². The first-order valence-electron chi connectivity index (χ1n) is 7.02. The number of hydrogen-bond donors (Lipinski definition) is 1. The summed E-state index contributed by atoms with van der Waals surface area (Å²) < 4.78 is 11.3. The predicted octanol–water partition coefficient (Wildman–Crippen LogP) is -0.0235. The molecule has 0 radical (unpaired) electrons. The van der Waals surface area contributed by atoms with Crippen molar-refractivity contribution in [3.05, 3.63) is 0 Å². The van der Waals surface area contributed by atoms with Gasteiger partial charge in [0, 0.05) is 44.8 Å². The predicted molar refractivity (Wildman–Crippen MR) is 71.7 cm³/mol. The molecule has 5 heteroatoms. The first kappa shape index (κ1) is 14.2. The average molecular weight is 257 g/mol. The number of morpholine rings is 1. The summed E-state index contributed by atoms with van der Waals surface area (Å²) in [6.45, 7) is 14.1. The largest absolute Gasteiger partial charge is 0.378 e. The van der Waals surface area contributed by atoms with Crippen LogP contribution in [0.1, 0.15) is 13.8 Å². The van der Waals surface area contributed by atoms with Crippen LogP contribution in [0.15, 0.2) is 0 Å². The zero-order valence-corrected chi connectivity index (χ0v) is 11.8. The number of hydrogen-bond acceptors (Lipinski definition) is 5. The molecule has 0 atom stereocenters. The van der Waals surface area contributed by atoms with Crippen molar-refractivity contribution in [1.29, 1.82) is 0 Å². The first-order valence-corrected chi connectivity index (χ1v) is 7.02. The Morgan fingerprint density at radius 1 is 1.22 bits per heavy atom. The van der Waals surface area contributed by atoms with Gasteiger partial charge < -0.3 is 14.8 Å². The molecule has 2 saturated heterocycles. The standard InChI is InChI=1S/C13H27N3O2/c1-13(2)11-17-9-7-16(13)8-10-18-12-15-5-3-14-4-6-15/h14H,3-12H2,1-2H3. The molecule has 0 aliphatic carbocycles. The van der Waals surface area contributed by atoms with E-state index in [1.54, 1.807) is 0 Å². The van der Waals surface area contributed by atoms with Gasteiger partial charge in [0.1, 0.15) is 0 Å². The average Bonchev–Trinajstić information content (AvgIpc) is 2.37. The molecule has 2 rings (SSSR count). The summed E-state index contributed by atoms with van der Waals surface area (Å²) in [7, 11) is 0. The third-order valence-electron chi connectivity index (χ3n) is 3.81. The van der Waals surface area contributed by atoms with Gasteiger partial charge in [-0.2, -0.15) is 0 Å².